The molecule has 0 aliphatic carbocycles. The molecule has 4 atom stereocenters. The predicted octanol–water partition coefficient (Wildman–Crippen LogP) is 2.76. The topological polar surface area (TPSA) is 119 Å². The average Bonchev–Trinajstić information content (AvgIpc) is 3.44. The van der Waals surface area contributed by atoms with Gasteiger partial charge in [0.25, 0.3) is 0 Å². The van der Waals surface area contributed by atoms with Gasteiger partial charge in [-0.1, -0.05) is 0 Å². The zero-order chi connectivity index (χ0) is 22.1. The number of hydrogen-bond donors (Lipinski definition) is 0. The van der Waals surface area contributed by atoms with E-state index in [9.17, 15) is 14.9 Å². The summed E-state index contributed by atoms with van der Waals surface area (Å²) in [5, 5.41) is 12.2. The van der Waals surface area contributed by atoms with E-state index in [0.717, 1.165) is 11.3 Å². The van der Waals surface area contributed by atoms with Gasteiger partial charge in [0.2, 0.25) is 0 Å². The number of hydrogen-bond acceptors (Lipinski definition) is 10. The number of carbonyl (C=O) groups is 1. The monoisotopic (exact) mass is 450 g/mol. The normalized spacial score (nSPS) is 24.7. The van der Waals surface area contributed by atoms with Gasteiger partial charge in [-0.3, -0.25) is 10.1 Å². The molecule has 2 aliphatic rings. The summed E-state index contributed by atoms with van der Waals surface area (Å²) in [4.78, 5) is 28.0. The summed E-state index contributed by atoms with van der Waals surface area (Å²) in [6, 6.07) is 4.60. The molecule has 4 rings (SSSR count). The van der Waals surface area contributed by atoms with Gasteiger partial charge in [0.15, 0.2) is 11.9 Å². The first kappa shape index (κ1) is 21.6. The number of benzene rings is 1. The van der Waals surface area contributed by atoms with Crippen molar-refractivity contribution in [2.75, 3.05) is 26.9 Å². The predicted molar refractivity (Wildman–Crippen MR) is 110 cm³/mol. The summed E-state index contributed by atoms with van der Waals surface area (Å²) in [7, 11) is 1.59. The van der Waals surface area contributed by atoms with Crippen LogP contribution in [0.25, 0.3) is 10.6 Å². The summed E-state index contributed by atoms with van der Waals surface area (Å²) in [5.74, 6) is -0.341. The van der Waals surface area contributed by atoms with Gasteiger partial charge in [-0.05, 0) is 26.0 Å². The number of carbonyl (C=O) groups excluding carboxylic acids is 1. The first-order valence-electron chi connectivity index (χ1n) is 9.79. The van der Waals surface area contributed by atoms with Crippen LogP contribution in [0, 0.1) is 17.0 Å². The Morgan fingerprint density at radius 3 is 2.68 bits per heavy atom. The molecule has 0 unspecified atom stereocenters. The fourth-order valence-corrected chi connectivity index (χ4v) is 4.65. The maximum atomic E-state index is 12.1. The van der Waals surface area contributed by atoms with Crippen molar-refractivity contribution in [2.45, 2.75) is 38.3 Å². The quantitative estimate of drug-likeness (QED) is 0.356. The van der Waals surface area contributed by atoms with Crippen LogP contribution in [-0.4, -0.2) is 67.2 Å². The largest absolute Gasteiger partial charge is 0.478 e. The van der Waals surface area contributed by atoms with E-state index < -0.39 is 17.0 Å². The van der Waals surface area contributed by atoms with Crippen LogP contribution in [0.2, 0.25) is 0 Å². The molecule has 2 aliphatic heterocycles. The molecule has 2 fully saturated rings. The minimum Gasteiger partial charge on any atom is -0.478 e. The molecule has 0 amide bonds. The summed E-state index contributed by atoms with van der Waals surface area (Å²) in [6.45, 7) is 4.32. The third-order valence-electron chi connectivity index (χ3n) is 5.20. The zero-order valence-electron chi connectivity index (χ0n) is 17.2. The Morgan fingerprint density at radius 2 is 2.00 bits per heavy atom. The van der Waals surface area contributed by atoms with E-state index in [4.69, 9.17) is 23.7 Å². The number of aromatic nitrogens is 1. The van der Waals surface area contributed by atoms with Crippen LogP contribution >= 0.6 is 11.3 Å². The highest BCUT2D eigenvalue weighted by Gasteiger charge is 2.49. The molecular weight excluding hydrogens is 428 g/mol. The molecule has 0 N–H and O–H groups in total. The molecule has 0 bridgehead atoms. The third-order valence-corrected chi connectivity index (χ3v) is 6.39. The van der Waals surface area contributed by atoms with E-state index in [-0.39, 0.29) is 43.0 Å². The van der Waals surface area contributed by atoms with Crippen molar-refractivity contribution in [3.63, 3.8) is 0 Å². The van der Waals surface area contributed by atoms with Crippen molar-refractivity contribution in [3.8, 4) is 16.3 Å². The molecular formula is C20H22N2O8S. The second kappa shape index (κ2) is 8.87. The van der Waals surface area contributed by atoms with Crippen LogP contribution in [0.4, 0.5) is 5.69 Å². The van der Waals surface area contributed by atoms with Gasteiger partial charge in [-0.2, -0.15) is 0 Å². The Balaban J connectivity index is 1.58. The molecule has 10 nitrogen and oxygen atoms in total. The van der Waals surface area contributed by atoms with E-state index in [0.29, 0.717) is 27.7 Å². The number of thiazole rings is 1. The van der Waals surface area contributed by atoms with Crippen LogP contribution in [0.3, 0.4) is 0 Å². The van der Waals surface area contributed by atoms with E-state index in [1.165, 1.54) is 12.1 Å². The molecule has 0 spiro atoms. The van der Waals surface area contributed by atoms with Gasteiger partial charge in [0.05, 0.1) is 30.4 Å². The number of nitrogens with zero attached hydrogens (tertiary/aromatic N) is 2. The van der Waals surface area contributed by atoms with Crippen LogP contribution in [0.15, 0.2) is 18.2 Å². The highest BCUT2D eigenvalue weighted by atomic mass is 32.1. The lowest BCUT2D eigenvalue weighted by Crippen LogP contribution is -2.35. The zero-order valence-corrected chi connectivity index (χ0v) is 18.0. The summed E-state index contributed by atoms with van der Waals surface area (Å²) in [6.07, 6.45) is -1.27. The fourth-order valence-electron chi connectivity index (χ4n) is 3.69. The Bertz CT molecular complexity index is 994. The Hall–Kier alpha value is -2.60. The Labute approximate surface area is 182 Å². The molecule has 2 saturated heterocycles. The first-order valence-corrected chi connectivity index (χ1v) is 10.6. The van der Waals surface area contributed by atoms with Gasteiger partial charge < -0.3 is 23.7 Å². The summed E-state index contributed by atoms with van der Waals surface area (Å²) < 4.78 is 27.7. The average molecular weight is 450 g/mol. The Kier molecular flexibility index (Phi) is 6.19. The highest BCUT2D eigenvalue weighted by molar-refractivity contribution is 7.17. The van der Waals surface area contributed by atoms with Crippen LogP contribution in [-0.2, 0) is 18.9 Å². The smallest absolute Gasteiger partial charge is 0.350 e. The number of methoxy groups -OCH3 is 1. The van der Waals surface area contributed by atoms with Crippen molar-refractivity contribution in [1.29, 1.82) is 0 Å². The highest BCUT2D eigenvalue weighted by Crippen LogP contribution is 2.38. The third kappa shape index (κ3) is 4.13. The molecule has 166 valence electrons. The van der Waals surface area contributed by atoms with Crippen molar-refractivity contribution in [1.82, 2.24) is 4.98 Å². The lowest BCUT2D eigenvalue weighted by atomic mass is 10.1. The van der Waals surface area contributed by atoms with Crippen molar-refractivity contribution in [2.24, 2.45) is 0 Å². The standard InChI is InChI=1S/C20H22N2O8S/c1-4-27-20(23)18-10(2)21-19(31-18)11-5-6-13(12(7-11)22(24)25)30-15-9-29-16-14(26-3)8-28-17(15)16/h5-7,14-17H,4,8-9H2,1-3H3/t14-,15-,16+,17+/m0/s1. The number of rotatable bonds is 7. The Morgan fingerprint density at radius 1 is 1.29 bits per heavy atom. The second-order valence-electron chi connectivity index (χ2n) is 7.12. The first-order chi connectivity index (χ1) is 14.9. The lowest BCUT2D eigenvalue weighted by molar-refractivity contribution is -0.386. The number of fused-ring (bicyclic) bond motifs is 1. The minimum atomic E-state index is -0.508. The molecule has 0 radical (unpaired) electrons. The van der Waals surface area contributed by atoms with Crippen LogP contribution in [0.5, 0.6) is 5.75 Å². The van der Waals surface area contributed by atoms with Crippen molar-refractivity contribution in [3.05, 3.63) is 38.9 Å². The molecule has 3 heterocycles. The molecule has 31 heavy (non-hydrogen) atoms. The number of nitro benzene ring substituents is 1. The van der Waals surface area contributed by atoms with E-state index in [1.807, 2.05) is 0 Å². The van der Waals surface area contributed by atoms with Crippen molar-refractivity contribution >= 4 is 23.0 Å². The van der Waals surface area contributed by atoms with Crippen molar-refractivity contribution < 1.29 is 33.4 Å². The van der Waals surface area contributed by atoms with E-state index >= 15 is 0 Å². The minimum absolute atomic E-state index is 0.117. The maximum Gasteiger partial charge on any atom is 0.350 e. The van der Waals surface area contributed by atoms with E-state index in [1.54, 1.807) is 27.0 Å². The molecule has 2 aromatic rings. The van der Waals surface area contributed by atoms with Gasteiger partial charge in [0.1, 0.15) is 28.2 Å². The fraction of sp³-hybridized carbons (Fsp3) is 0.500. The molecule has 11 heteroatoms. The number of esters is 1. The van der Waals surface area contributed by atoms with E-state index in [2.05, 4.69) is 4.98 Å². The van der Waals surface area contributed by atoms with Crippen LogP contribution < -0.4 is 4.74 Å². The molecule has 1 aromatic carbocycles. The number of aryl methyl sites for hydroxylation is 1. The number of nitro groups is 1. The summed E-state index contributed by atoms with van der Waals surface area (Å²) >= 11 is 1.13. The number of ether oxygens (including phenoxy) is 5. The van der Waals surface area contributed by atoms with Gasteiger partial charge >= 0.3 is 11.7 Å². The second-order valence-corrected chi connectivity index (χ2v) is 8.12. The maximum absolute atomic E-state index is 12.1. The van der Waals surface area contributed by atoms with Gasteiger partial charge in [-0.15, -0.1) is 11.3 Å². The lowest BCUT2D eigenvalue weighted by Gasteiger charge is -2.18. The SMILES string of the molecule is CCOC(=O)c1sc(-c2ccc(O[C@H]3CO[C@H]4[C@@H]3OC[C@@H]4OC)c([N+](=O)[O-])c2)nc1C. The summed E-state index contributed by atoms with van der Waals surface area (Å²) in [5.41, 5.74) is 0.828. The van der Waals surface area contributed by atoms with Crippen LogP contribution in [0.1, 0.15) is 22.3 Å². The molecule has 0 saturated carbocycles. The van der Waals surface area contributed by atoms with Gasteiger partial charge in [-0.25, -0.2) is 9.78 Å². The van der Waals surface area contributed by atoms with Gasteiger partial charge in [0, 0.05) is 18.7 Å². The molecule has 1 aromatic heterocycles.